The number of anilines is 2. The van der Waals surface area contributed by atoms with E-state index in [4.69, 9.17) is 4.98 Å². The summed E-state index contributed by atoms with van der Waals surface area (Å²) in [6.07, 6.45) is 10.8. The van der Waals surface area contributed by atoms with Crippen LogP contribution in [0.15, 0.2) is 42.6 Å². The molecule has 1 aromatic carbocycles. The zero-order valence-corrected chi connectivity index (χ0v) is 21.4. The van der Waals surface area contributed by atoms with Crippen LogP contribution in [0.5, 0.6) is 0 Å². The molecule has 0 bridgehead atoms. The molecule has 5 rings (SSSR count). The average molecular weight is 477 g/mol. The van der Waals surface area contributed by atoms with E-state index in [9.17, 15) is 4.79 Å². The monoisotopic (exact) mass is 476 g/mol. The summed E-state index contributed by atoms with van der Waals surface area (Å²) in [5, 5.41) is 0. The molecule has 7 heteroatoms. The molecule has 3 fully saturated rings. The van der Waals surface area contributed by atoms with E-state index in [1.807, 2.05) is 17.2 Å². The standard InChI is InChI=1S/C28H40N6O/c1-31(2)28(24-12-4-3-5-13-24)15-9-20-34(27(35)33(21-16-28)22-23-10-8-11-23)25-14-17-29-26(30-25)32-18-6-7-19-32/h3-5,12-14,17,23H,6-11,15-16,18-22H2,1-2H3/t28-/m0/s1. The highest BCUT2D eigenvalue weighted by Crippen LogP contribution is 2.38. The van der Waals surface area contributed by atoms with E-state index in [1.54, 1.807) is 0 Å². The topological polar surface area (TPSA) is 55.8 Å². The van der Waals surface area contributed by atoms with Crippen LogP contribution in [0.2, 0.25) is 0 Å². The van der Waals surface area contributed by atoms with E-state index < -0.39 is 0 Å². The molecule has 1 saturated carbocycles. The van der Waals surface area contributed by atoms with Gasteiger partial charge in [-0.25, -0.2) is 9.78 Å². The number of amides is 2. The molecule has 2 aromatic rings. The molecule has 3 heterocycles. The number of hydrogen-bond donors (Lipinski definition) is 0. The predicted octanol–water partition coefficient (Wildman–Crippen LogP) is 4.75. The van der Waals surface area contributed by atoms with Gasteiger partial charge in [0.2, 0.25) is 5.95 Å². The smallest absolute Gasteiger partial charge is 0.325 e. The molecule has 2 saturated heterocycles. The van der Waals surface area contributed by atoms with Crippen molar-refractivity contribution < 1.29 is 4.79 Å². The average Bonchev–Trinajstić information content (AvgIpc) is 3.40. The maximum Gasteiger partial charge on any atom is 0.325 e. The minimum Gasteiger partial charge on any atom is -0.341 e. The number of rotatable bonds is 6. The van der Waals surface area contributed by atoms with E-state index >= 15 is 0 Å². The SMILES string of the molecule is CN(C)[C@@]1(c2ccccc2)CCCN(c2ccnc(N3CCCC3)n2)C(=O)N(CC2CCC2)CC1. The minimum absolute atomic E-state index is 0.0954. The molecule has 0 unspecified atom stereocenters. The van der Waals surface area contributed by atoms with Crippen molar-refractivity contribution in [3.8, 4) is 0 Å². The summed E-state index contributed by atoms with van der Waals surface area (Å²) in [7, 11) is 4.38. The minimum atomic E-state index is -0.0954. The highest BCUT2D eigenvalue weighted by molar-refractivity contribution is 5.91. The lowest BCUT2D eigenvalue weighted by atomic mass is 9.80. The second kappa shape index (κ2) is 10.5. The Balaban J connectivity index is 1.46. The Labute approximate surface area is 210 Å². The van der Waals surface area contributed by atoms with Gasteiger partial charge in [0.05, 0.1) is 0 Å². The van der Waals surface area contributed by atoms with E-state index in [2.05, 4.69) is 64.1 Å². The molecule has 1 aromatic heterocycles. The van der Waals surface area contributed by atoms with Crippen LogP contribution >= 0.6 is 0 Å². The first-order valence-electron chi connectivity index (χ1n) is 13.4. The molecule has 0 N–H and O–H groups in total. The second-order valence-corrected chi connectivity index (χ2v) is 10.7. The first-order chi connectivity index (χ1) is 17.1. The van der Waals surface area contributed by atoms with E-state index in [0.29, 0.717) is 12.5 Å². The third kappa shape index (κ3) is 5.01. The molecule has 35 heavy (non-hydrogen) atoms. The number of hydrogen-bond acceptors (Lipinski definition) is 5. The van der Waals surface area contributed by atoms with E-state index in [-0.39, 0.29) is 11.6 Å². The molecule has 2 aliphatic heterocycles. The van der Waals surface area contributed by atoms with Gasteiger partial charge < -0.3 is 9.80 Å². The van der Waals surface area contributed by atoms with Gasteiger partial charge in [0, 0.05) is 44.5 Å². The predicted molar refractivity (Wildman–Crippen MR) is 141 cm³/mol. The zero-order valence-electron chi connectivity index (χ0n) is 21.4. The van der Waals surface area contributed by atoms with E-state index in [1.165, 1.54) is 37.7 Å². The Kier molecular flexibility index (Phi) is 7.23. The maximum absolute atomic E-state index is 14.0. The highest BCUT2D eigenvalue weighted by atomic mass is 16.2. The van der Waals surface area contributed by atoms with Crippen LogP contribution in [0.4, 0.5) is 16.6 Å². The van der Waals surface area contributed by atoms with Gasteiger partial charge in [-0.05, 0) is 76.6 Å². The van der Waals surface area contributed by atoms with Gasteiger partial charge in [0.15, 0.2) is 0 Å². The fraction of sp³-hybridized carbons (Fsp3) is 0.607. The van der Waals surface area contributed by atoms with Crippen LogP contribution in [-0.2, 0) is 5.54 Å². The molecule has 1 aliphatic carbocycles. The largest absolute Gasteiger partial charge is 0.341 e. The lowest BCUT2D eigenvalue weighted by molar-refractivity contribution is 0.105. The summed E-state index contributed by atoms with van der Waals surface area (Å²) in [5.41, 5.74) is 1.25. The zero-order chi connectivity index (χ0) is 24.3. The quantitative estimate of drug-likeness (QED) is 0.602. The van der Waals surface area contributed by atoms with Crippen molar-refractivity contribution in [3.05, 3.63) is 48.2 Å². The van der Waals surface area contributed by atoms with Gasteiger partial charge in [-0.15, -0.1) is 0 Å². The number of carbonyl (C=O) groups excluding carboxylic acids is 1. The first-order valence-corrected chi connectivity index (χ1v) is 13.4. The van der Waals surface area contributed by atoms with Crippen LogP contribution in [0.1, 0.15) is 56.9 Å². The summed E-state index contributed by atoms with van der Waals surface area (Å²) in [6.45, 7) is 4.25. The fourth-order valence-electron chi connectivity index (χ4n) is 6.01. The number of nitrogens with zero attached hydrogens (tertiary/aromatic N) is 6. The molecular formula is C28H40N6O. The third-order valence-corrected chi connectivity index (χ3v) is 8.43. The third-order valence-electron chi connectivity index (χ3n) is 8.43. The molecular weight excluding hydrogens is 436 g/mol. The molecule has 0 spiro atoms. The van der Waals surface area contributed by atoms with Crippen molar-refractivity contribution >= 4 is 17.8 Å². The Hall–Kier alpha value is -2.67. The molecule has 2 amide bonds. The van der Waals surface area contributed by atoms with Crippen molar-refractivity contribution in [1.29, 1.82) is 0 Å². The van der Waals surface area contributed by atoms with Gasteiger partial charge >= 0.3 is 6.03 Å². The van der Waals surface area contributed by atoms with Crippen molar-refractivity contribution in [2.24, 2.45) is 5.92 Å². The Bertz CT molecular complexity index is 988. The van der Waals surface area contributed by atoms with Gasteiger partial charge in [-0.3, -0.25) is 9.80 Å². The molecule has 0 radical (unpaired) electrons. The molecule has 1 atom stereocenters. The van der Waals surface area contributed by atoms with Crippen molar-refractivity contribution in [2.75, 3.05) is 56.6 Å². The summed E-state index contributed by atoms with van der Waals surface area (Å²) in [4.78, 5) is 32.1. The Morgan fingerprint density at radius 2 is 1.71 bits per heavy atom. The van der Waals surface area contributed by atoms with Gasteiger partial charge in [0.25, 0.3) is 0 Å². The van der Waals surface area contributed by atoms with Gasteiger partial charge in [-0.2, -0.15) is 4.98 Å². The first kappa shape index (κ1) is 24.0. The summed E-state index contributed by atoms with van der Waals surface area (Å²) in [5.74, 6) is 2.12. The van der Waals surface area contributed by atoms with Crippen LogP contribution in [0, 0.1) is 5.92 Å². The van der Waals surface area contributed by atoms with Gasteiger partial charge in [-0.1, -0.05) is 36.8 Å². The van der Waals surface area contributed by atoms with Crippen LogP contribution in [0.3, 0.4) is 0 Å². The number of urea groups is 1. The van der Waals surface area contributed by atoms with Crippen molar-refractivity contribution in [2.45, 2.75) is 56.9 Å². The van der Waals surface area contributed by atoms with E-state index in [0.717, 1.165) is 57.2 Å². The van der Waals surface area contributed by atoms with Crippen molar-refractivity contribution in [3.63, 3.8) is 0 Å². The maximum atomic E-state index is 14.0. The number of aromatic nitrogens is 2. The molecule has 3 aliphatic rings. The number of benzene rings is 1. The lowest BCUT2D eigenvalue weighted by Gasteiger charge is -2.42. The molecule has 7 nitrogen and oxygen atoms in total. The van der Waals surface area contributed by atoms with Crippen LogP contribution in [-0.4, -0.2) is 72.6 Å². The Morgan fingerprint density at radius 3 is 2.40 bits per heavy atom. The number of carbonyl (C=O) groups is 1. The summed E-state index contributed by atoms with van der Waals surface area (Å²) < 4.78 is 0. The molecule has 188 valence electrons. The summed E-state index contributed by atoms with van der Waals surface area (Å²) in [6, 6.07) is 12.9. The Morgan fingerprint density at radius 1 is 0.943 bits per heavy atom. The normalized spacial score (nSPS) is 24.3. The fourth-order valence-corrected chi connectivity index (χ4v) is 6.01. The second-order valence-electron chi connectivity index (χ2n) is 10.7. The van der Waals surface area contributed by atoms with Crippen LogP contribution < -0.4 is 9.80 Å². The van der Waals surface area contributed by atoms with Crippen LogP contribution in [0.25, 0.3) is 0 Å². The lowest BCUT2D eigenvalue weighted by Crippen LogP contribution is -2.48. The summed E-state index contributed by atoms with van der Waals surface area (Å²) >= 11 is 0. The highest BCUT2D eigenvalue weighted by Gasteiger charge is 2.38. The van der Waals surface area contributed by atoms with Crippen molar-refractivity contribution in [1.82, 2.24) is 19.8 Å². The van der Waals surface area contributed by atoms with Gasteiger partial charge in [0.1, 0.15) is 5.82 Å².